The van der Waals surface area contributed by atoms with Gasteiger partial charge in [0, 0.05) is 11.4 Å². The van der Waals surface area contributed by atoms with E-state index in [4.69, 9.17) is 11.6 Å². The number of amides is 1. The van der Waals surface area contributed by atoms with Crippen molar-refractivity contribution in [2.24, 2.45) is 5.41 Å². The molecule has 0 radical (unpaired) electrons. The van der Waals surface area contributed by atoms with E-state index in [0.717, 1.165) is 11.8 Å². The van der Waals surface area contributed by atoms with E-state index in [-0.39, 0.29) is 17.4 Å². The van der Waals surface area contributed by atoms with Crippen molar-refractivity contribution in [1.29, 1.82) is 0 Å². The summed E-state index contributed by atoms with van der Waals surface area (Å²) in [7, 11) is 0. The van der Waals surface area contributed by atoms with Gasteiger partial charge in [-0.15, -0.1) is 11.3 Å². The van der Waals surface area contributed by atoms with Gasteiger partial charge in [0.05, 0.1) is 9.21 Å². The van der Waals surface area contributed by atoms with Crippen LogP contribution in [-0.2, 0) is 0 Å². The predicted molar refractivity (Wildman–Crippen MR) is 78.4 cm³/mol. The van der Waals surface area contributed by atoms with Gasteiger partial charge in [-0.25, -0.2) is 0 Å². The van der Waals surface area contributed by atoms with Crippen molar-refractivity contribution in [2.45, 2.75) is 33.2 Å². The van der Waals surface area contributed by atoms with Gasteiger partial charge >= 0.3 is 0 Å². The summed E-state index contributed by atoms with van der Waals surface area (Å²) in [6, 6.07) is 3.66. The Hall–Kier alpha value is -0.0600. The van der Waals surface area contributed by atoms with Crippen LogP contribution in [0.2, 0.25) is 4.34 Å². The van der Waals surface area contributed by atoms with Gasteiger partial charge in [0.15, 0.2) is 0 Å². The van der Waals surface area contributed by atoms with Crippen molar-refractivity contribution < 1.29 is 4.79 Å². The summed E-state index contributed by atoms with van der Waals surface area (Å²) in [5.74, 6) is -0.0391. The highest BCUT2D eigenvalue weighted by atomic mass is 79.9. The number of alkyl halides is 1. The average molecular weight is 339 g/mol. The maximum atomic E-state index is 12.0. The summed E-state index contributed by atoms with van der Waals surface area (Å²) < 4.78 is 0.642. The van der Waals surface area contributed by atoms with Crippen molar-refractivity contribution in [2.75, 3.05) is 5.33 Å². The lowest BCUT2D eigenvalue weighted by Crippen LogP contribution is -2.43. The van der Waals surface area contributed by atoms with Crippen LogP contribution in [0.3, 0.4) is 0 Å². The standard InChI is InChI=1S/C12H17BrClNOS/c1-12(2,3)9(6-7-13)15-11(16)8-4-5-10(14)17-8/h4-5,9H,6-7H2,1-3H3,(H,15,16). The van der Waals surface area contributed by atoms with E-state index in [2.05, 4.69) is 42.0 Å². The molecular weight excluding hydrogens is 322 g/mol. The monoisotopic (exact) mass is 337 g/mol. The fourth-order valence-corrected chi connectivity index (χ4v) is 2.90. The van der Waals surface area contributed by atoms with E-state index in [0.29, 0.717) is 9.21 Å². The molecule has 1 aromatic rings. The first-order valence-corrected chi connectivity index (χ1v) is 7.78. The number of hydrogen-bond acceptors (Lipinski definition) is 2. The quantitative estimate of drug-likeness (QED) is 0.813. The normalized spacial score (nSPS) is 13.5. The van der Waals surface area contributed by atoms with Crippen LogP contribution in [0.15, 0.2) is 12.1 Å². The maximum Gasteiger partial charge on any atom is 0.261 e. The minimum Gasteiger partial charge on any atom is -0.348 e. The third kappa shape index (κ3) is 4.60. The second-order valence-corrected chi connectivity index (χ2v) is 7.48. The minimum atomic E-state index is -0.0391. The van der Waals surface area contributed by atoms with Gasteiger partial charge in [0.2, 0.25) is 0 Å². The number of carbonyl (C=O) groups excluding carboxylic acids is 1. The van der Waals surface area contributed by atoms with E-state index in [1.54, 1.807) is 12.1 Å². The summed E-state index contributed by atoms with van der Waals surface area (Å²) in [5, 5.41) is 3.95. The molecule has 0 aliphatic carbocycles. The van der Waals surface area contributed by atoms with Crippen LogP contribution in [0.25, 0.3) is 0 Å². The smallest absolute Gasteiger partial charge is 0.261 e. The Bertz CT molecular complexity index is 386. The van der Waals surface area contributed by atoms with Gasteiger partial charge in [-0.1, -0.05) is 48.3 Å². The minimum absolute atomic E-state index is 0.0391. The second-order valence-electron chi connectivity index (χ2n) is 4.97. The fraction of sp³-hybridized carbons (Fsp3) is 0.583. The molecule has 0 aliphatic rings. The van der Waals surface area contributed by atoms with Crippen LogP contribution >= 0.6 is 38.9 Å². The largest absolute Gasteiger partial charge is 0.348 e. The van der Waals surface area contributed by atoms with Gasteiger partial charge in [-0.3, -0.25) is 4.79 Å². The first-order chi connectivity index (χ1) is 7.84. The van der Waals surface area contributed by atoms with Crippen LogP contribution in [0.4, 0.5) is 0 Å². The zero-order valence-electron chi connectivity index (χ0n) is 10.2. The Kier molecular flexibility index (Phi) is 5.48. The molecule has 0 saturated carbocycles. The first-order valence-electron chi connectivity index (χ1n) is 5.46. The Balaban J connectivity index is 2.71. The summed E-state index contributed by atoms with van der Waals surface area (Å²) in [4.78, 5) is 12.7. The number of nitrogens with one attached hydrogen (secondary N) is 1. The third-order valence-corrected chi connectivity index (χ3v) is 4.23. The van der Waals surface area contributed by atoms with Crippen molar-refractivity contribution in [3.8, 4) is 0 Å². The van der Waals surface area contributed by atoms with Gasteiger partial charge in [0.25, 0.3) is 5.91 Å². The first kappa shape index (κ1) is 15.0. The molecule has 1 rings (SSSR count). The second kappa shape index (κ2) is 6.21. The molecule has 1 atom stereocenters. The predicted octanol–water partition coefficient (Wildman–Crippen LogP) is 4.33. The molecule has 17 heavy (non-hydrogen) atoms. The average Bonchev–Trinajstić information content (AvgIpc) is 2.62. The molecule has 1 aromatic heterocycles. The summed E-state index contributed by atoms with van der Waals surface area (Å²) in [5.41, 5.74) is 0.0461. The molecule has 2 nitrogen and oxygen atoms in total. The van der Waals surface area contributed by atoms with Gasteiger partial charge in [0.1, 0.15) is 0 Å². The zero-order valence-corrected chi connectivity index (χ0v) is 13.4. The van der Waals surface area contributed by atoms with Crippen molar-refractivity contribution in [3.05, 3.63) is 21.3 Å². The van der Waals surface area contributed by atoms with Crippen molar-refractivity contribution in [3.63, 3.8) is 0 Å². The highest BCUT2D eigenvalue weighted by Crippen LogP contribution is 2.25. The summed E-state index contributed by atoms with van der Waals surface area (Å²) in [6.45, 7) is 6.38. The molecule has 0 fully saturated rings. The lowest BCUT2D eigenvalue weighted by molar-refractivity contribution is 0.0905. The molecule has 0 saturated heterocycles. The molecule has 1 unspecified atom stereocenters. The van der Waals surface area contributed by atoms with Crippen LogP contribution in [0.1, 0.15) is 36.9 Å². The molecule has 0 bridgehead atoms. The number of rotatable bonds is 4. The van der Waals surface area contributed by atoms with Crippen LogP contribution in [0.5, 0.6) is 0 Å². The molecule has 96 valence electrons. The molecule has 1 heterocycles. The highest BCUT2D eigenvalue weighted by Gasteiger charge is 2.26. The van der Waals surface area contributed by atoms with E-state index in [1.807, 2.05) is 0 Å². The van der Waals surface area contributed by atoms with Crippen LogP contribution in [0, 0.1) is 5.41 Å². The van der Waals surface area contributed by atoms with Crippen molar-refractivity contribution >= 4 is 44.8 Å². The summed E-state index contributed by atoms with van der Waals surface area (Å²) in [6.07, 6.45) is 0.911. The number of carbonyl (C=O) groups is 1. The molecule has 1 N–H and O–H groups in total. The van der Waals surface area contributed by atoms with Gasteiger partial charge < -0.3 is 5.32 Å². The van der Waals surface area contributed by atoms with Crippen LogP contribution < -0.4 is 5.32 Å². The molecule has 5 heteroatoms. The molecule has 1 amide bonds. The Morgan fingerprint density at radius 2 is 2.18 bits per heavy atom. The summed E-state index contributed by atoms with van der Waals surface area (Å²) >= 11 is 10.6. The van der Waals surface area contributed by atoms with Gasteiger partial charge in [-0.2, -0.15) is 0 Å². The molecule has 0 aliphatic heterocycles. The zero-order chi connectivity index (χ0) is 13.1. The van der Waals surface area contributed by atoms with E-state index in [1.165, 1.54) is 11.3 Å². The molecule has 0 aromatic carbocycles. The number of hydrogen-bond donors (Lipinski definition) is 1. The molecule has 0 spiro atoms. The number of halogens is 2. The maximum absolute atomic E-state index is 12.0. The lowest BCUT2D eigenvalue weighted by Gasteiger charge is -2.31. The van der Waals surface area contributed by atoms with Gasteiger partial charge in [-0.05, 0) is 24.0 Å². The lowest BCUT2D eigenvalue weighted by atomic mass is 9.85. The van der Waals surface area contributed by atoms with Crippen LogP contribution in [-0.4, -0.2) is 17.3 Å². The third-order valence-electron chi connectivity index (χ3n) is 2.55. The van der Waals surface area contributed by atoms with E-state index >= 15 is 0 Å². The SMILES string of the molecule is CC(C)(C)C(CCBr)NC(=O)c1ccc(Cl)s1. The van der Waals surface area contributed by atoms with E-state index < -0.39 is 0 Å². The Labute approximate surface area is 120 Å². The molecular formula is C12H17BrClNOS. The highest BCUT2D eigenvalue weighted by molar-refractivity contribution is 9.09. The van der Waals surface area contributed by atoms with E-state index in [9.17, 15) is 4.79 Å². The Morgan fingerprint density at radius 3 is 2.59 bits per heavy atom. The fourth-order valence-electron chi connectivity index (χ4n) is 1.50. The Morgan fingerprint density at radius 1 is 1.53 bits per heavy atom. The van der Waals surface area contributed by atoms with Crippen molar-refractivity contribution in [1.82, 2.24) is 5.32 Å². The topological polar surface area (TPSA) is 29.1 Å². The number of thiophene rings is 1.